The summed E-state index contributed by atoms with van der Waals surface area (Å²) in [6, 6.07) is 5.47. The molecule has 0 aliphatic carbocycles. The lowest BCUT2D eigenvalue weighted by Gasteiger charge is -2.23. The number of hydrogen-bond acceptors (Lipinski definition) is 5. The molecule has 1 amide bonds. The normalized spacial score (nSPS) is 17.4. The van der Waals surface area contributed by atoms with Crippen molar-refractivity contribution in [1.82, 2.24) is 5.16 Å². The third-order valence-electron chi connectivity index (χ3n) is 3.36. The Hall–Kier alpha value is -2.34. The molecule has 20 heavy (non-hydrogen) atoms. The van der Waals surface area contributed by atoms with Crippen LogP contribution in [0.3, 0.4) is 0 Å². The predicted molar refractivity (Wildman–Crippen MR) is 73.3 cm³/mol. The van der Waals surface area contributed by atoms with Crippen molar-refractivity contribution >= 4 is 11.6 Å². The molecule has 0 saturated heterocycles. The molecule has 1 atom stereocenters. The van der Waals surface area contributed by atoms with E-state index in [1.807, 2.05) is 13.0 Å². The predicted octanol–water partition coefficient (Wildman–Crippen LogP) is 1.83. The summed E-state index contributed by atoms with van der Waals surface area (Å²) in [6.45, 7) is 3.90. The number of amides is 1. The Bertz CT molecular complexity index is 678. The fraction of sp³-hybridized carbons (Fsp3) is 0.286. The van der Waals surface area contributed by atoms with E-state index in [1.54, 1.807) is 19.1 Å². The molecule has 2 heterocycles. The number of anilines is 1. The average Bonchev–Trinajstić information content (AvgIpc) is 2.80. The van der Waals surface area contributed by atoms with E-state index >= 15 is 0 Å². The van der Waals surface area contributed by atoms with Gasteiger partial charge in [0.25, 0.3) is 5.91 Å². The highest BCUT2D eigenvalue weighted by Crippen LogP contribution is 2.35. The van der Waals surface area contributed by atoms with Crippen molar-refractivity contribution in [2.45, 2.75) is 26.5 Å². The molecule has 1 aliphatic heterocycles. The van der Waals surface area contributed by atoms with Gasteiger partial charge in [-0.15, -0.1) is 0 Å². The lowest BCUT2D eigenvalue weighted by atomic mass is 10.1. The molecule has 1 aromatic carbocycles. The summed E-state index contributed by atoms with van der Waals surface area (Å²) in [4.78, 5) is 11.6. The van der Waals surface area contributed by atoms with Gasteiger partial charge in [0.05, 0.1) is 11.4 Å². The molecule has 0 radical (unpaired) electrons. The van der Waals surface area contributed by atoms with Gasteiger partial charge < -0.3 is 20.3 Å². The van der Waals surface area contributed by atoms with E-state index in [9.17, 15) is 4.79 Å². The molecular weight excluding hydrogens is 258 g/mol. The molecule has 6 nitrogen and oxygen atoms in total. The first-order valence-corrected chi connectivity index (χ1v) is 6.37. The molecule has 3 rings (SSSR count). The van der Waals surface area contributed by atoms with Gasteiger partial charge in [-0.3, -0.25) is 4.79 Å². The number of benzene rings is 1. The van der Waals surface area contributed by atoms with Crippen molar-refractivity contribution in [2.24, 2.45) is 5.73 Å². The molecule has 1 unspecified atom stereocenters. The third-order valence-corrected chi connectivity index (χ3v) is 3.36. The van der Waals surface area contributed by atoms with E-state index in [4.69, 9.17) is 15.0 Å². The smallest absolute Gasteiger partial charge is 0.265 e. The second-order valence-electron chi connectivity index (χ2n) is 4.74. The SMILES string of the molecule is Cc1noc(-c2ccc3c(c2)NC(=O)C(C)O3)c1CN. The number of aromatic nitrogens is 1. The van der Waals surface area contributed by atoms with E-state index in [0.717, 1.165) is 16.8 Å². The largest absolute Gasteiger partial charge is 0.479 e. The van der Waals surface area contributed by atoms with Crippen LogP contribution in [0.1, 0.15) is 18.2 Å². The van der Waals surface area contributed by atoms with Gasteiger partial charge in [0.1, 0.15) is 5.75 Å². The Balaban J connectivity index is 2.04. The van der Waals surface area contributed by atoms with Crippen LogP contribution in [0.15, 0.2) is 22.7 Å². The molecule has 0 fully saturated rings. The second-order valence-corrected chi connectivity index (χ2v) is 4.74. The Morgan fingerprint density at radius 3 is 3.00 bits per heavy atom. The van der Waals surface area contributed by atoms with Crippen molar-refractivity contribution in [3.8, 4) is 17.1 Å². The first-order valence-electron chi connectivity index (χ1n) is 6.37. The molecule has 0 spiro atoms. The minimum absolute atomic E-state index is 0.164. The fourth-order valence-corrected chi connectivity index (χ4v) is 2.21. The van der Waals surface area contributed by atoms with E-state index in [-0.39, 0.29) is 5.91 Å². The fourth-order valence-electron chi connectivity index (χ4n) is 2.21. The number of nitrogens with two attached hydrogens (primary N) is 1. The summed E-state index contributed by atoms with van der Waals surface area (Å²) in [7, 11) is 0. The van der Waals surface area contributed by atoms with Gasteiger partial charge in [-0.05, 0) is 32.0 Å². The summed E-state index contributed by atoms with van der Waals surface area (Å²) in [5.41, 5.74) is 8.79. The van der Waals surface area contributed by atoms with Gasteiger partial charge in [-0.25, -0.2) is 0 Å². The number of carbonyl (C=O) groups excluding carboxylic acids is 1. The number of nitrogens with zero attached hydrogens (tertiary/aromatic N) is 1. The van der Waals surface area contributed by atoms with Crippen molar-refractivity contribution < 1.29 is 14.1 Å². The third kappa shape index (κ3) is 1.94. The Kier molecular flexibility index (Phi) is 2.94. The molecule has 0 saturated carbocycles. The van der Waals surface area contributed by atoms with Crippen LogP contribution in [0.5, 0.6) is 5.75 Å². The van der Waals surface area contributed by atoms with Crippen LogP contribution in [0.25, 0.3) is 11.3 Å². The highest BCUT2D eigenvalue weighted by molar-refractivity contribution is 5.98. The zero-order valence-electron chi connectivity index (χ0n) is 11.3. The molecule has 3 N–H and O–H groups in total. The standard InChI is InChI=1S/C14H15N3O3/c1-7-10(6-15)13(20-17-7)9-3-4-12-11(5-9)16-14(18)8(2)19-12/h3-5,8H,6,15H2,1-2H3,(H,16,18). The molecule has 104 valence electrons. The molecule has 2 aromatic rings. The number of rotatable bonds is 2. The lowest BCUT2D eigenvalue weighted by Crippen LogP contribution is -2.34. The summed E-state index contributed by atoms with van der Waals surface area (Å²) < 4.78 is 10.8. The van der Waals surface area contributed by atoms with Gasteiger partial charge in [0.15, 0.2) is 11.9 Å². The van der Waals surface area contributed by atoms with Crippen LogP contribution in [0.2, 0.25) is 0 Å². The summed E-state index contributed by atoms with van der Waals surface area (Å²) in [5.74, 6) is 1.11. The first kappa shape index (κ1) is 12.7. The molecular formula is C14H15N3O3. The highest BCUT2D eigenvalue weighted by atomic mass is 16.5. The Morgan fingerprint density at radius 1 is 1.45 bits per heavy atom. The minimum Gasteiger partial charge on any atom is -0.479 e. The van der Waals surface area contributed by atoms with Crippen LogP contribution >= 0.6 is 0 Å². The molecule has 1 aliphatic rings. The van der Waals surface area contributed by atoms with Crippen molar-refractivity contribution in [3.63, 3.8) is 0 Å². The van der Waals surface area contributed by atoms with E-state index in [0.29, 0.717) is 23.7 Å². The maximum absolute atomic E-state index is 11.6. The number of hydrogen-bond donors (Lipinski definition) is 2. The zero-order valence-corrected chi connectivity index (χ0v) is 11.3. The Labute approximate surface area is 115 Å². The molecule has 0 bridgehead atoms. The quantitative estimate of drug-likeness (QED) is 0.871. The van der Waals surface area contributed by atoms with Crippen LogP contribution in [0, 0.1) is 6.92 Å². The topological polar surface area (TPSA) is 90.4 Å². The van der Waals surface area contributed by atoms with Gasteiger partial charge in [-0.1, -0.05) is 5.16 Å². The number of ether oxygens (including phenoxy) is 1. The number of fused-ring (bicyclic) bond motifs is 1. The maximum Gasteiger partial charge on any atom is 0.265 e. The van der Waals surface area contributed by atoms with E-state index in [2.05, 4.69) is 10.5 Å². The number of nitrogens with one attached hydrogen (secondary N) is 1. The van der Waals surface area contributed by atoms with Gasteiger partial charge in [0, 0.05) is 17.7 Å². The van der Waals surface area contributed by atoms with Crippen molar-refractivity contribution in [2.75, 3.05) is 5.32 Å². The van der Waals surface area contributed by atoms with Crippen LogP contribution in [0.4, 0.5) is 5.69 Å². The summed E-state index contributed by atoms with van der Waals surface area (Å²) >= 11 is 0. The van der Waals surface area contributed by atoms with Crippen LogP contribution in [-0.4, -0.2) is 17.2 Å². The molecule has 6 heteroatoms. The summed E-state index contributed by atoms with van der Waals surface area (Å²) in [6.07, 6.45) is -0.486. The van der Waals surface area contributed by atoms with Crippen molar-refractivity contribution in [3.05, 3.63) is 29.5 Å². The highest BCUT2D eigenvalue weighted by Gasteiger charge is 2.24. The van der Waals surface area contributed by atoms with Gasteiger partial charge in [0.2, 0.25) is 0 Å². The summed E-state index contributed by atoms with van der Waals surface area (Å²) in [5, 5.41) is 6.74. The van der Waals surface area contributed by atoms with E-state index < -0.39 is 6.10 Å². The number of aryl methyl sites for hydroxylation is 1. The van der Waals surface area contributed by atoms with Crippen LogP contribution in [-0.2, 0) is 11.3 Å². The maximum atomic E-state index is 11.6. The second kappa shape index (κ2) is 4.64. The average molecular weight is 273 g/mol. The van der Waals surface area contributed by atoms with E-state index in [1.165, 1.54) is 0 Å². The minimum atomic E-state index is -0.486. The van der Waals surface area contributed by atoms with Gasteiger partial charge >= 0.3 is 0 Å². The number of carbonyl (C=O) groups is 1. The van der Waals surface area contributed by atoms with Crippen molar-refractivity contribution in [1.29, 1.82) is 0 Å². The van der Waals surface area contributed by atoms with Gasteiger partial charge in [-0.2, -0.15) is 0 Å². The molecule has 1 aromatic heterocycles. The Morgan fingerprint density at radius 2 is 2.25 bits per heavy atom. The zero-order chi connectivity index (χ0) is 14.3. The monoisotopic (exact) mass is 273 g/mol. The lowest BCUT2D eigenvalue weighted by molar-refractivity contribution is -0.122. The first-order chi connectivity index (χ1) is 9.60. The van der Waals surface area contributed by atoms with Crippen LogP contribution < -0.4 is 15.8 Å².